The fourth-order valence-corrected chi connectivity index (χ4v) is 3.00. The van der Waals surface area contributed by atoms with Crippen LogP contribution in [0.4, 0.5) is 5.69 Å². The van der Waals surface area contributed by atoms with Crippen LogP contribution in [0, 0.1) is 12.8 Å². The highest BCUT2D eigenvalue weighted by molar-refractivity contribution is 5.80. The lowest BCUT2D eigenvalue weighted by Crippen LogP contribution is -2.37. The maximum atomic E-state index is 12.7. The molecule has 19 heavy (non-hydrogen) atoms. The lowest BCUT2D eigenvalue weighted by molar-refractivity contribution is 0.441. The van der Waals surface area contributed by atoms with Gasteiger partial charge in [-0.3, -0.25) is 4.79 Å². The second-order valence-corrected chi connectivity index (χ2v) is 5.53. The van der Waals surface area contributed by atoms with Crippen molar-refractivity contribution >= 4 is 16.7 Å². The first-order chi connectivity index (χ1) is 9.16. The summed E-state index contributed by atoms with van der Waals surface area (Å²) in [6.45, 7) is 6.03. The van der Waals surface area contributed by atoms with Crippen molar-refractivity contribution in [3.63, 3.8) is 0 Å². The zero-order valence-electron chi connectivity index (χ0n) is 11.5. The van der Waals surface area contributed by atoms with Gasteiger partial charge in [-0.2, -0.15) is 0 Å². The van der Waals surface area contributed by atoms with Gasteiger partial charge in [0.2, 0.25) is 5.43 Å². The average molecular weight is 257 g/mol. The molecule has 1 fully saturated rings. The predicted octanol–water partition coefficient (Wildman–Crippen LogP) is 3.34. The van der Waals surface area contributed by atoms with Crippen LogP contribution in [0.3, 0.4) is 0 Å². The van der Waals surface area contributed by atoms with Gasteiger partial charge in [0.05, 0.1) is 5.39 Å². The fourth-order valence-electron chi connectivity index (χ4n) is 3.00. The first kappa shape index (κ1) is 12.3. The third-order valence-corrected chi connectivity index (χ3v) is 3.92. The second kappa shape index (κ2) is 4.72. The first-order valence-electron chi connectivity index (χ1n) is 6.94. The maximum Gasteiger partial charge on any atom is 0.216 e. The largest absolute Gasteiger partial charge is 0.459 e. The first-order valence-corrected chi connectivity index (χ1v) is 6.94. The van der Waals surface area contributed by atoms with Crippen LogP contribution in [0.15, 0.2) is 33.5 Å². The summed E-state index contributed by atoms with van der Waals surface area (Å²) >= 11 is 0. The minimum absolute atomic E-state index is 0.105. The predicted molar refractivity (Wildman–Crippen MR) is 77.8 cm³/mol. The van der Waals surface area contributed by atoms with Gasteiger partial charge in [0.25, 0.3) is 0 Å². The molecule has 0 N–H and O–H groups in total. The molecule has 0 radical (unpaired) electrons. The standard InChI is InChI=1S/C16H19NO2/c1-11-6-5-9-17(10-11)15-12(2)19-14-8-4-3-7-13(14)16(15)18/h3-4,7-8,11H,5-6,9-10H2,1-2H3. The number of fused-ring (bicyclic) bond motifs is 1. The molecule has 3 nitrogen and oxygen atoms in total. The minimum atomic E-state index is 0.105. The number of rotatable bonds is 1. The average Bonchev–Trinajstić information content (AvgIpc) is 2.39. The summed E-state index contributed by atoms with van der Waals surface area (Å²) in [6, 6.07) is 7.48. The molecule has 1 aromatic carbocycles. The van der Waals surface area contributed by atoms with Crippen molar-refractivity contribution in [1.29, 1.82) is 0 Å². The highest BCUT2D eigenvalue weighted by Gasteiger charge is 2.22. The number of nitrogens with zero attached hydrogens (tertiary/aromatic N) is 1. The number of hydrogen-bond acceptors (Lipinski definition) is 3. The van der Waals surface area contributed by atoms with Gasteiger partial charge in [-0.1, -0.05) is 19.1 Å². The smallest absolute Gasteiger partial charge is 0.216 e. The summed E-state index contributed by atoms with van der Waals surface area (Å²) in [5.74, 6) is 1.37. The van der Waals surface area contributed by atoms with Gasteiger partial charge in [-0.05, 0) is 37.8 Å². The summed E-state index contributed by atoms with van der Waals surface area (Å²) in [4.78, 5) is 14.8. The molecule has 2 heterocycles. The van der Waals surface area contributed by atoms with Crippen LogP contribution < -0.4 is 10.3 Å². The van der Waals surface area contributed by atoms with Crippen LogP contribution in [0.5, 0.6) is 0 Å². The molecule has 0 bridgehead atoms. The van der Waals surface area contributed by atoms with Gasteiger partial charge in [-0.15, -0.1) is 0 Å². The van der Waals surface area contributed by atoms with E-state index < -0.39 is 0 Å². The normalized spacial score (nSPS) is 19.9. The van der Waals surface area contributed by atoms with E-state index in [-0.39, 0.29) is 5.43 Å². The van der Waals surface area contributed by atoms with Gasteiger partial charge in [-0.25, -0.2) is 0 Å². The van der Waals surface area contributed by atoms with E-state index in [1.807, 2.05) is 31.2 Å². The van der Waals surface area contributed by atoms with Crippen LogP contribution >= 0.6 is 0 Å². The van der Waals surface area contributed by atoms with E-state index in [1.165, 1.54) is 6.42 Å². The third-order valence-electron chi connectivity index (χ3n) is 3.92. The lowest BCUT2D eigenvalue weighted by Gasteiger charge is -2.32. The molecular formula is C16H19NO2. The Hall–Kier alpha value is -1.77. The molecule has 0 spiro atoms. The topological polar surface area (TPSA) is 33.5 Å². The van der Waals surface area contributed by atoms with Crippen molar-refractivity contribution < 1.29 is 4.42 Å². The van der Waals surface area contributed by atoms with Crippen LogP contribution in [0.1, 0.15) is 25.5 Å². The van der Waals surface area contributed by atoms with Crippen molar-refractivity contribution in [3.8, 4) is 0 Å². The lowest BCUT2D eigenvalue weighted by atomic mass is 9.99. The van der Waals surface area contributed by atoms with Gasteiger partial charge in [0.1, 0.15) is 17.0 Å². The molecule has 1 atom stereocenters. The molecule has 0 amide bonds. The summed E-state index contributed by atoms with van der Waals surface area (Å²) in [5, 5.41) is 0.682. The zero-order chi connectivity index (χ0) is 13.4. The Bertz CT molecular complexity index is 659. The number of benzene rings is 1. The number of hydrogen-bond donors (Lipinski definition) is 0. The number of para-hydroxylation sites is 1. The molecule has 3 rings (SSSR count). The van der Waals surface area contributed by atoms with Gasteiger partial charge in [0, 0.05) is 13.1 Å². The molecular weight excluding hydrogens is 238 g/mol. The monoisotopic (exact) mass is 257 g/mol. The van der Waals surface area contributed by atoms with E-state index in [2.05, 4.69) is 11.8 Å². The van der Waals surface area contributed by atoms with Gasteiger partial charge < -0.3 is 9.32 Å². The van der Waals surface area contributed by atoms with E-state index in [4.69, 9.17) is 4.42 Å². The zero-order valence-corrected chi connectivity index (χ0v) is 11.5. The van der Waals surface area contributed by atoms with Crippen molar-refractivity contribution in [1.82, 2.24) is 0 Å². The van der Waals surface area contributed by atoms with Crippen LogP contribution in [0.25, 0.3) is 11.0 Å². The molecule has 3 heteroatoms. The summed E-state index contributed by atoms with van der Waals surface area (Å²) in [7, 11) is 0. The fraction of sp³-hybridized carbons (Fsp3) is 0.438. The van der Waals surface area contributed by atoms with E-state index >= 15 is 0 Å². The van der Waals surface area contributed by atoms with Crippen molar-refractivity contribution in [2.45, 2.75) is 26.7 Å². The Kier molecular flexibility index (Phi) is 3.05. The number of aryl methyl sites for hydroxylation is 1. The molecule has 1 saturated heterocycles. The quantitative estimate of drug-likeness (QED) is 0.785. The molecule has 0 aliphatic carbocycles. The van der Waals surface area contributed by atoms with Gasteiger partial charge in [0.15, 0.2) is 0 Å². The van der Waals surface area contributed by atoms with Crippen LogP contribution in [-0.4, -0.2) is 13.1 Å². The molecule has 100 valence electrons. The Balaban J connectivity index is 2.15. The summed E-state index contributed by atoms with van der Waals surface area (Å²) in [5.41, 5.74) is 1.54. The molecule has 1 aromatic heterocycles. The van der Waals surface area contributed by atoms with Crippen molar-refractivity contribution in [2.75, 3.05) is 18.0 Å². The molecule has 2 aromatic rings. The highest BCUT2D eigenvalue weighted by atomic mass is 16.3. The maximum absolute atomic E-state index is 12.7. The Morgan fingerprint density at radius 1 is 1.32 bits per heavy atom. The minimum Gasteiger partial charge on any atom is -0.459 e. The molecule has 0 saturated carbocycles. The van der Waals surface area contributed by atoms with Gasteiger partial charge >= 0.3 is 0 Å². The van der Waals surface area contributed by atoms with E-state index in [9.17, 15) is 4.79 Å². The summed E-state index contributed by atoms with van der Waals surface area (Å²) < 4.78 is 5.82. The Labute approximate surface area is 112 Å². The molecule has 1 aliphatic rings. The van der Waals surface area contributed by atoms with E-state index in [1.54, 1.807) is 0 Å². The SMILES string of the molecule is Cc1oc2ccccc2c(=O)c1N1CCCC(C)C1. The molecule has 1 aliphatic heterocycles. The third kappa shape index (κ3) is 2.14. The highest BCUT2D eigenvalue weighted by Crippen LogP contribution is 2.25. The van der Waals surface area contributed by atoms with E-state index in [0.29, 0.717) is 16.9 Å². The second-order valence-electron chi connectivity index (χ2n) is 5.53. The molecule has 1 unspecified atom stereocenters. The number of anilines is 1. The van der Waals surface area contributed by atoms with Crippen molar-refractivity contribution in [3.05, 3.63) is 40.2 Å². The van der Waals surface area contributed by atoms with Crippen LogP contribution in [-0.2, 0) is 0 Å². The van der Waals surface area contributed by atoms with E-state index in [0.717, 1.165) is 31.0 Å². The number of piperidine rings is 1. The van der Waals surface area contributed by atoms with Crippen LogP contribution in [0.2, 0.25) is 0 Å². The van der Waals surface area contributed by atoms with Crippen molar-refractivity contribution in [2.24, 2.45) is 5.92 Å². The Morgan fingerprint density at radius 3 is 2.89 bits per heavy atom. The summed E-state index contributed by atoms with van der Waals surface area (Å²) in [6.07, 6.45) is 2.39. The Morgan fingerprint density at radius 2 is 2.11 bits per heavy atom.